The first kappa shape index (κ1) is 20.2. The normalized spacial score (nSPS) is 15.3. The summed E-state index contributed by atoms with van der Waals surface area (Å²) in [6.45, 7) is 5.89. The van der Waals surface area contributed by atoms with Crippen molar-refractivity contribution in [1.82, 2.24) is 5.32 Å². The van der Waals surface area contributed by atoms with Crippen LogP contribution in [0.1, 0.15) is 61.4 Å². The minimum Gasteiger partial charge on any atom is -0.496 e. The zero-order valence-corrected chi connectivity index (χ0v) is 17.4. The summed E-state index contributed by atoms with van der Waals surface area (Å²) in [4.78, 5) is 12.7. The largest absolute Gasteiger partial charge is 0.496 e. The maximum atomic E-state index is 12.7. The van der Waals surface area contributed by atoms with Crippen LogP contribution < -0.4 is 14.8 Å². The molecule has 1 aliphatic carbocycles. The van der Waals surface area contributed by atoms with Crippen molar-refractivity contribution in [2.45, 2.75) is 65.0 Å². The number of nitrogens with one attached hydrogen (secondary N) is 1. The summed E-state index contributed by atoms with van der Waals surface area (Å²) in [5.74, 6) is 1.53. The van der Waals surface area contributed by atoms with Crippen molar-refractivity contribution in [3.63, 3.8) is 0 Å². The molecule has 0 saturated heterocycles. The number of ether oxygens (including phenoxy) is 2. The predicted octanol–water partition coefficient (Wildman–Crippen LogP) is 4.92. The molecule has 2 atom stereocenters. The third kappa shape index (κ3) is 4.67. The van der Waals surface area contributed by atoms with Gasteiger partial charge in [0.2, 0.25) is 0 Å². The summed E-state index contributed by atoms with van der Waals surface area (Å²) in [6.07, 6.45) is 4.99. The number of benzene rings is 2. The van der Waals surface area contributed by atoms with Gasteiger partial charge in [-0.05, 0) is 86.4 Å². The number of hydrogen-bond donors (Lipinski definition) is 1. The van der Waals surface area contributed by atoms with E-state index in [-0.39, 0.29) is 11.9 Å². The molecule has 4 nitrogen and oxygen atoms in total. The predicted molar refractivity (Wildman–Crippen MR) is 112 cm³/mol. The van der Waals surface area contributed by atoms with Crippen molar-refractivity contribution in [2.24, 2.45) is 0 Å². The van der Waals surface area contributed by atoms with E-state index in [0.29, 0.717) is 0 Å². The average Bonchev–Trinajstić information content (AvgIpc) is 2.71. The second kappa shape index (κ2) is 9.13. The lowest BCUT2D eigenvalue weighted by Gasteiger charge is -2.22. The molecule has 0 aliphatic heterocycles. The Hall–Kier alpha value is -2.49. The molecular formula is C24H31NO3. The van der Waals surface area contributed by atoms with Crippen LogP contribution in [0.2, 0.25) is 0 Å². The summed E-state index contributed by atoms with van der Waals surface area (Å²) in [6, 6.07) is 12.2. The van der Waals surface area contributed by atoms with Gasteiger partial charge in [-0.2, -0.15) is 0 Å². The van der Waals surface area contributed by atoms with E-state index >= 15 is 0 Å². The third-order valence-electron chi connectivity index (χ3n) is 5.55. The maximum absolute atomic E-state index is 12.7. The zero-order chi connectivity index (χ0) is 20.1. The van der Waals surface area contributed by atoms with Crippen molar-refractivity contribution in [3.8, 4) is 11.5 Å². The standard InChI is InChI=1S/C24H31NO3/c1-5-22(20-11-13-23(27-4)16(2)14-20)25-24(26)17(3)28-21-12-10-18-8-6-7-9-19(18)15-21/h10-15,17,22H,5-9H2,1-4H3,(H,25,26)/t17-,22-/m1/s1. The van der Waals surface area contributed by atoms with Gasteiger partial charge in [-0.3, -0.25) is 4.79 Å². The van der Waals surface area contributed by atoms with Gasteiger partial charge >= 0.3 is 0 Å². The summed E-state index contributed by atoms with van der Waals surface area (Å²) < 4.78 is 11.3. The van der Waals surface area contributed by atoms with Crippen LogP contribution in [0, 0.1) is 6.92 Å². The molecule has 2 aromatic rings. The Morgan fingerprint density at radius 2 is 1.86 bits per heavy atom. The highest BCUT2D eigenvalue weighted by molar-refractivity contribution is 5.81. The van der Waals surface area contributed by atoms with Gasteiger partial charge in [0.25, 0.3) is 5.91 Å². The molecule has 4 heteroatoms. The fourth-order valence-electron chi connectivity index (χ4n) is 3.87. The van der Waals surface area contributed by atoms with E-state index in [0.717, 1.165) is 41.9 Å². The van der Waals surface area contributed by atoms with Gasteiger partial charge in [0.05, 0.1) is 13.2 Å². The molecule has 0 bridgehead atoms. The summed E-state index contributed by atoms with van der Waals surface area (Å²) in [5, 5.41) is 3.13. The van der Waals surface area contributed by atoms with E-state index in [1.807, 2.05) is 25.1 Å². The lowest BCUT2D eigenvalue weighted by atomic mass is 9.92. The number of aryl methyl sites for hydroxylation is 3. The Morgan fingerprint density at radius 3 is 2.54 bits per heavy atom. The quantitative estimate of drug-likeness (QED) is 0.741. The van der Waals surface area contributed by atoms with Gasteiger partial charge in [-0.15, -0.1) is 0 Å². The molecule has 2 aromatic carbocycles. The molecule has 0 unspecified atom stereocenters. The highest BCUT2D eigenvalue weighted by Crippen LogP contribution is 2.27. The van der Waals surface area contributed by atoms with Crippen LogP contribution in [0.15, 0.2) is 36.4 Å². The molecule has 1 N–H and O–H groups in total. The molecule has 3 rings (SSSR count). The van der Waals surface area contributed by atoms with Crippen LogP contribution in [-0.2, 0) is 17.6 Å². The van der Waals surface area contributed by atoms with E-state index in [1.54, 1.807) is 14.0 Å². The van der Waals surface area contributed by atoms with E-state index < -0.39 is 6.10 Å². The monoisotopic (exact) mass is 381 g/mol. The first-order valence-electron chi connectivity index (χ1n) is 10.2. The highest BCUT2D eigenvalue weighted by Gasteiger charge is 2.20. The fourth-order valence-corrected chi connectivity index (χ4v) is 3.87. The molecule has 0 saturated carbocycles. The summed E-state index contributed by atoms with van der Waals surface area (Å²) >= 11 is 0. The number of amides is 1. The van der Waals surface area contributed by atoms with Crippen LogP contribution in [0.4, 0.5) is 0 Å². The van der Waals surface area contributed by atoms with Crippen molar-refractivity contribution in [3.05, 3.63) is 58.7 Å². The first-order chi connectivity index (χ1) is 13.5. The van der Waals surface area contributed by atoms with E-state index in [1.165, 1.54) is 24.0 Å². The lowest BCUT2D eigenvalue weighted by Crippen LogP contribution is -2.38. The van der Waals surface area contributed by atoms with E-state index in [9.17, 15) is 4.79 Å². The average molecular weight is 382 g/mol. The Labute approximate surface area is 168 Å². The molecule has 1 aliphatic rings. The number of rotatable bonds is 7. The van der Waals surface area contributed by atoms with Crippen LogP contribution in [0.3, 0.4) is 0 Å². The highest BCUT2D eigenvalue weighted by atomic mass is 16.5. The fraction of sp³-hybridized carbons (Fsp3) is 0.458. The Bertz CT molecular complexity index is 831. The minimum absolute atomic E-state index is 0.0494. The van der Waals surface area contributed by atoms with Gasteiger partial charge < -0.3 is 14.8 Å². The molecule has 28 heavy (non-hydrogen) atoms. The van der Waals surface area contributed by atoms with Crippen LogP contribution in [0.25, 0.3) is 0 Å². The molecule has 150 valence electrons. The second-order valence-electron chi connectivity index (χ2n) is 7.60. The third-order valence-corrected chi connectivity index (χ3v) is 5.55. The number of hydrogen-bond acceptors (Lipinski definition) is 3. The van der Waals surface area contributed by atoms with Crippen molar-refractivity contribution >= 4 is 5.91 Å². The SMILES string of the molecule is CC[C@@H](NC(=O)[C@@H](C)Oc1ccc2c(c1)CCCC2)c1ccc(OC)c(C)c1. The van der Waals surface area contributed by atoms with Crippen LogP contribution in [-0.4, -0.2) is 19.1 Å². The summed E-state index contributed by atoms with van der Waals surface area (Å²) in [7, 11) is 1.67. The number of carbonyl (C=O) groups is 1. The van der Waals surface area contributed by atoms with E-state index in [4.69, 9.17) is 9.47 Å². The van der Waals surface area contributed by atoms with Crippen molar-refractivity contribution in [1.29, 1.82) is 0 Å². The molecule has 0 heterocycles. The zero-order valence-electron chi connectivity index (χ0n) is 17.4. The molecule has 0 fully saturated rings. The molecular weight excluding hydrogens is 350 g/mol. The van der Waals surface area contributed by atoms with Crippen LogP contribution in [0.5, 0.6) is 11.5 Å². The van der Waals surface area contributed by atoms with Crippen molar-refractivity contribution in [2.75, 3.05) is 7.11 Å². The van der Waals surface area contributed by atoms with Gasteiger partial charge in [-0.25, -0.2) is 0 Å². The van der Waals surface area contributed by atoms with Gasteiger partial charge in [0.1, 0.15) is 11.5 Å². The summed E-state index contributed by atoms with van der Waals surface area (Å²) in [5.41, 5.74) is 4.91. The van der Waals surface area contributed by atoms with Crippen LogP contribution >= 0.6 is 0 Å². The number of fused-ring (bicyclic) bond motifs is 1. The Kier molecular flexibility index (Phi) is 6.61. The van der Waals surface area contributed by atoms with Gasteiger partial charge in [0.15, 0.2) is 6.10 Å². The van der Waals surface area contributed by atoms with E-state index in [2.05, 4.69) is 30.4 Å². The first-order valence-corrected chi connectivity index (χ1v) is 10.2. The van der Waals surface area contributed by atoms with Crippen molar-refractivity contribution < 1.29 is 14.3 Å². The minimum atomic E-state index is -0.546. The molecule has 0 radical (unpaired) electrons. The Morgan fingerprint density at radius 1 is 1.11 bits per heavy atom. The molecule has 0 spiro atoms. The Balaban J connectivity index is 1.64. The molecule has 1 amide bonds. The number of carbonyl (C=O) groups excluding carboxylic acids is 1. The lowest BCUT2D eigenvalue weighted by molar-refractivity contribution is -0.128. The second-order valence-corrected chi connectivity index (χ2v) is 7.60. The maximum Gasteiger partial charge on any atom is 0.261 e. The van der Waals surface area contributed by atoms with Gasteiger partial charge in [-0.1, -0.05) is 25.1 Å². The molecule has 0 aromatic heterocycles. The van der Waals surface area contributed by atoms with Gasteiger partial charge in [0, 0.05) is 0 Å². The number of methoxy groups -OCH3 is 1. The topological polar surface area (TPSA) is 47.6 Å². The smallest absolute Gasteiger partial charge is 0.261 e.